The summed E-state index contributed by atoms with van der Waals surface area (Å²) in [6.07, 6.45) is 5.63. The van der Waals surface area contributed by atoms with Crippen LogP contribution in [0.15, 0.2) is 30.3 Å². The van der Waals surface area contributed by atoms with Crippen molar-refractivity contribution < 1.29 is 0 Å². The summed E-state index contributed by atoms with van der Waals surface area (Å²) in [5, 5.41) is 3.70. The minimum atomic E-state index is 0.515. The van der Waals surface area contributed by atoms with Crippen LogP contribution >= 0.6 is 0 Å². The maximum atomic E-state index is 3.70. The lowest BCUT2D eigenvalue weighted by Crippen LogP contribution is -2.54. The average Bonchev–Trinajstić information content (AvgIpc) is 3.03. The zero-order valence-electron chi connectivity index (χ0n) is 12.9. The molecule has 1 aromatic rings. The molecule has 3 fully saturated rings. The fourth-order valence-electron chi connectivity index (χ4n) is 4.55. The van der Waals surface area contributed by atoms with Crippen LogP contribution in [0.25, 0.3) is 0 Å². The molecular weight excluding hydrogens is 258 g/mol. The Morgan fingerprint density at radius 2 is 1.76 bits per heavy atom. The molecule has 0 aromatic heterocycles. The van der Waals surface area contributed by atoms with Gasteiger partial charge < -0.3 is 10.2 Å². The number of piperidine rings is 1. The van der Waals surface area contributed by atoms with Crippen molar-refractivity contribution in [3.05, 3.63) is 35.9 Å². The first-order valence-electron chi connectivity index (χ1n) is 8.66. The molecule has 21 heavy (non-hydrogen) atoms. The quantitative estimate of drug-likeness (QED) is 0.899. The van der Waals surface area contributed by atoms with Crippen molar-refractivity contribution in [1.29, 1.82) is 0 Å². The number of hydrogen-bond donors (Lipinski definition) is 1. The number of nitrogens with zero attached hydrogens (tertiary/aromatic N) is 2. The van der Waals surface area contributed by atoms with E-state index in [1.54, 1.807) is 0 Å². The summed E-state index contributed by atoms with van der Waals surface area (Å²) in [5.74, 6) is 0. The van der Waals surface area contributed by atoms with Gasteiger partial charge in [0.2, 0.25) is 0 Å². The molecule has 0 amide bonds. The summed E-state index contributed by atoms with van der Waals surface area (Å²) in [4.78, 5) is 5.50. The fraction of sp³-hybridized carbons (Fsp3) is 0.667. The summed E-state index contributed by atoms with van der Waals surface area (Å²) in [6.45, 7) is 6.22. The average molecular weight is 285 g/mol. The van der Waals surface area contributed by atoms with Crippen molar-refractivity contribution in [2.24, 2.45) is 0 Å². The lowest BCUT2D eigenvalue weighted by molar-refractivity contribution is 0.0668. The molecule has 3 heteroatoms. The third-order valence-electron chi connectivity index (χ3n) is 5.72. The summed E-state index contributed by atoms with van der Waals surface area (Å²) in [7, 11) is 0. The summed E-state index contributed by atoms with van der Waals surface area (Å²) < 4.78 is 0. The Morgan fingerprint density at radius 3 is 2.67 bits per heavy atom. The molecule has 1 aromatic carbocycles. The Bertz CT molecular complexity index is 461. The number of benzene rings is 1. The molecule has 3 aliphatic heterocycles. The van der Waals surface area contributed by atoms with Gasteiger partial charge in [-0.1, -0.05) is 30.3 Å². The Balaban J connectivity index is 1.41. The second-order valence-corrected chi connectivity index (χ2v) is 6.92. The highest BCUT2D eigenvalue weighted by molar-refractivity contribution is 5.20. The second-order valence-electron chi connectivity index (χ2n) is 6.92. The number of hydrogen-bond acceptors (Lipinski definition) is 3. The Labute approximate surface area is 128 Å². The van der Waals surface area contributed by atoms with Gasteiger partial charge in [-0.25, -0.2) is 0 Å². The van der Waals surface area contributed by atoms with Gasteiger partial charge in [0, 0.05) is 37.8 Å². The minimum absolute atomic E-state index is 0.515. The SMILES string of the molecule is c1ccc(C2CN(C3CCN4CCCC4C3)CCN2)cc1. The van der Waals surface area contributed by atoms with E-state index in [0.29, 0.717) is 6.04 Å². The van der Waals surface area contributed by atoms with E-state index in [1.807, 2.05) is 0 Å². The van der Waals surface area contributed by atoms with Gasteiger partial charge >= 0.3 is 0 Å². The Kier molecular flexibility index (Phi) is 3.97. The van der Waals surface area contributed by atoms with Gasteiger partial charge in [-0.05, 0) is 44.3 Å². The van der Waals surface area contributed by atoms with Crippen LogP contribution in [0.3, 0.4) is 0 Å². The smallest absolute Gasteiger partial charge is 0.0449 e. The zero-order chi connectivity index (χ0) is 14.1. The minimum Gasteiger partial charge on any atom is -0.308 e. The molecule has 3 nitrogen and oxygen atoms in total. The van der Waals surface area contributed by atoms with Gasteiger partial charge in [-0.3, -0.25) is 4.90 Å². The van der Waals surface area contributed by atoms with Gasteiger partial charge in [-0.2, -0.15) is 0 Å². The molecular formula is C18H27N3. The van der Waals surface area contributed by atoms with Crippen LogP contribution in [-0.2, 0) is 0 Å². The van der Waals surface area contributed by atoms with Crippen molar-refractivity contribution in [2.75, 3.05) is 32.7 Å². The monoisotopic (exact) mass is 285 g/mol. The predicted octanol–water partition coefficient (Wildman–Crippen LogP) is 2.26. The number of fused-ring (bicyclic) bond motifs is 1. The van der Waals surface area contributed by atoms with Crippen LogP contribution in [0.2, 0.25) is 0 Å². The van der Waals surface area contributed by atoms with Gasteiger partial charge in [0.1, 0.15) is 0 Å². The molecule has 0 saturated carbocycles. The molecule has 4 rings (SSSR count). The number of rotatable bonds is 2. The molecule has 0 bridgehead atoms. The first kappa shape index (κ1) is 13.7. The topological polar surface area (TPSA) is 18.5 Å². The number of nitrogens with one attached hydrogen (secondary N) is 1. The maximum Gasteiger partial charge on any atom is 0.0449 e. The molecule has 114 valence electrons. The summed E-state index contributed by atoms with van der Waals surface area (Å²) >= 11 is 0. The van der Waals surface area contributed by atoms with Crippen LogP contribution in [-0.4, -0.2) is 54.6 Å². The first-order chi connectivity index (χ1) is 10.4. The van der Waals surface area contributed by atoms with E-state index in [0.717, 1.165) is 18.6 Å². The lowest BCUT2D eigenvalue weighted by Gasteiger charge is -2.44. The van der Waals surface area contributed by atoms with Gasteiger partial charge in [0.15, 0.2) is 0 Å². The van der Waals surface area contributed by atoms with Crippen LogP contribution in [0.5, 0.6) is 0 Å². The van der Waals surface area contributed by atoms with E-state index in [4.69, 9.17) is 0 Å². The Hall–Kier alpha value is -0.900. The molecule has 3 atom stereocenters. The maximum absolute atomic E-state index is 3.70. The molecule has 3 heterocycles. The van der Waals surface area contributed by atoms with Gasteiger partial charge in [-0.15, -0.1) is 0 Å². The van der Waals surface area contributed by atoms with Crippen molar-refractivity contribution >= 4 is 0 Å². The second kappa shape index (κ2) is 6.07. The van der Waals surface area contributed by atoms with E-state index in [9.17, 15) is 0 Å². The van der Waals surface area contributed by atoms with Crippen molar-refractivity contribution in [3.8, 4) is 0 Å². The van der Waals surface area contributed by atoms with E-state index in [1.165, 1.54) is 57.4 Å². The largest absolute Gasteiger partial charge is 0.308 e. The molecule has 0 aliphatic carbocycles. The van der Waals surface area contributed by atoms with Crippen LogP contribution in [0, 0.1) is 0 Å². The Morgan fingerprint density at radius 1 is 0.905 bits per heavy atom. The zero-order valence-corrected chi connectivity index (χ0v) is 12.9. The van der Waals surface area contributed by atoms with Gasteiger partial charge in [0.05, 0.1) is 0 Å². The molecule has 3 aliphatic rings. The molecule has 3 unspecified atom stereocenters. The molecule has 0 spiro atoms. The lowest BCUT2D eigenvalue weighted by atomic mass is 9.94. The van der Waals surface area contributed by atoms with E-state index in [2.05, 4.69) is 45.4 Å². The van der Waals surface area contributed by atoms with Crippen LogP contribution in [0.1, 0.15) is 37.3 Å². The standard InChI is InChI=1S/C18H27N3/c1-2-5-15(6-3-1)18-14-21(12-9-19-18)17-8-11-20-10-4-7-16(20)13-17/h1-3,5-6,16-19H,4,7-14H2. The highest BCUT2D eigenvalue weighted by atomic mass is 15.3. The van der Waals surface area contributed by atoms with Crippen molar-refractivity contribution in [3.63, 3.8) is 0 Å². The highest BCUT2D eigenvalue weighted by Crippen LogP contribution is 2.30. The molecule has 1 N–H and O–H groups in total. The van der Waals surface area contributed by atoms with E-state index in [-0.39, 0.29) is 0 Å². The third kappa shape index (κ3) is 2.87. The predicted molar refractivity (Wildman–Crippen MR) is 86.4 cm³/mol. The molecule has 0 radical (unpaired) electrons. The molecule has 3 saturated heterocycles. The fourth-order valence-corrected chi connectivity index (χ4v) is 4.55. The van der Waals surface area contributed by atoms with Crippen LogP contribution < -0.4 is 5.32 Å². The first-order valence-corrected chi connectivity index (χ1v) is 8.66. The van der Waals surface area contributed by atoms with Crippen molar-refractivity contribution in [1.82, 2.24) is 15.1 Å². The van der Waals surface area contributed by atoms with E-state index < -0.39 is 0 Å². The summed E-state index contributed by atoms with van der Waals surface area (Å²) in [6, 6.07) is 13.2. The van der Waals surface area contributed by atoms with Gasteiger partial charge in [0.25, 0.3) is 0 Å². The highest BCUT2D eigenvalue weighted by Gasteiger charge is 2.35. The van der Waals surface area contributed by atoms with Crippen molar-refractivity contribution in [2.45, 2.75) is 43.8 Å². The normalized spacial score (nSPS) is 34.8. The van der Waals surface area contributed by atoms with E-state index >= 15 is 0 Å². The van der Waals surface area contributed by atoms with Crippen LogP contribution in [0.4, 0.5) is 0 Å². The third-order valence-corrected chi connectivity index (χ3v) is 5.72. The number of piperazine rings is 1. The summed E-state index contributed by atoms with van der Waals surface area (Å²) in [5.41, 5.74) is 1.44.